The summed E-state index contributed by atoms with van der Waals surface area (Å²) in [4.78, 5) is 14.3. The number of hydrogen-bond donors (Lipinski definition) is 0. The molecule has 3 rings (SSSR count). The second-order valence-corrected chi connectivity index (χ2v) is 8.95. The minimum Gasteiger partial charge on any atom is -0.379 e. The highest BCUT2D eigenvalue weighted by atomic mass is 79.9. The number of benzene rings is 2. The SMILES string of the molecule is CN(C(=O)c1ccc(Br)c(S(=O)(=O)N2CCOCC2)c1)c1cccc(C#N)c1. The van der Waals surface area contributed by atoms with Crippen LogP contribution < -0.4 is 4.90 Å². The minimum absolute atomic E-state index is 0.0411. The van der Waals surface area contributed by atoms with Crippen LogP contribution in [0.15, 0.2) is 51.8 Å². The van der Waals surface area contributed by atoms with Gasteiger partial charge in [0, 0.05) is 35.9 Å². The second kappa shape index (κ2) is 8.41. The van der Waals surface area contributed by atoms with Crippen molar-refractivity contribution >= 4 is 37.5 Å². The van der Waals surface area contributed by atoms with E-state index in [0.29, 0.717) is 28.9 Å². The Hall–Kier alpha value is -2.25. The van der Waals surface area contributed by atoms with Gasteiger partial charge in [-0.25, -0.2) is 8.42 Å². The van der Waals surface area contributed by atoms with Crippen molar-refractivity contribution in [2.24, 2.45) is 0 Å². The third-order valence-corrected chi connectivity index (χ3v) is 7.33. The molecule has 1 aliphatic heterocycles. The topological polar surface area (TPSA) is 90.7 Å². The van der Waals surface area contributed by atoms with E-state index < -0.39 is 10.0 Å². The van der Waals surface area contributed by atoms with Crippen LogP contribution in [0.25, 0.3) is 0 Å². The van der Waals surface area contributed by atoms with Crippen LogP contribution in [0.4, 0.5) is 5.69 Å². The average molecular weight is 464 g/mol. The number of nitriles is 1. The van der Waals surface area contributed by atoms with Crippen LogP contribution in [-0.2, 0) is 14.8 Å². The van der Waals surface area contributed by atoms with E-state index in [2.05, 4.69) is 15.9 Å². The molecule has 7 nitrogen and oxygen atoms in total. The summed E-state index contributed by atoms with van der Waals surface area (Å²) in [6, 6.07) is 13.2. The number of anilines is 1. The molecule has 28 heavy (non-hydrogen) atoms. The molecule has 9 heteroatoms. The van der Waals surface area contributed by atoms with Crippen molar-refractivity contribution in [3.05, 3.63) is 58.1 Å². The van der Waals surface area contributed by atoms with Gasteiger partial charge in [0.25, 0.3) is 5.91 Å². The van der Waals surface area contributed by atoms with Crippen LogP contribution in [0, 0.1) is 11.3 Å². The van der Waals surface area contributed by atoms with Gasteiger partial charge in [0.15, 0.2) is 0 Å². The first-order valence-electron chi connectivity index (χ1n) is 8.50. The molecule has 0 spiro atoms. The number of amides is 1. The molecule has 0 saturated carbocycles. The predicted molar refractivity (Wildman–Crippen MR) is 108 cm³/mol. The van der Waals surface area contributed by atoms with Gasteiger partial charge in [-0.2, -0.15) is 9.57 Å². The Kier molecular flexibility index (Phi) is 6.15. The van der Waals surface area contributed by atoms with Crippen LogP contribution in [0.3, 0.4) is 0 Å². The molecule has 1 fully saturated rings. The number of ether oxygens (including phenoxy) is 1. The van der Waals surface area contributed by atoms with Gasteiger partial charge in [0.1, 0.15) is 0 Å². The lowest BCUT2D eigenvalue weighted by Crippen LogP contribution is -2.40. The smallest absolute Gasteiger partial charge is 0.258 e. The van der Waals surface area contributed by atoms with Gasteiger partial charge in [0.2, 0.25) is 10.0 Å². The third-order valence-electron chi connectivity index (χ3n) is 4.43. The fraction of sp³-hybridized carbons (Fsp3) is 0.263. The van der Waals surface area contributed by atoms with Gasteiger partial charge in [-0.1, -0.05) is 6.07 Å². The Bertz CT molecular complexity index is 1040. The monoisotopic (exact) mass is 463 g/mol. The van der Waals surface area contributed by atoms with E-state index in [0.717, 1.165) is 0 Å². The molecule has 1 aliphatic rings. The number of sulfonamides is 1. The molecular formula is C19H18BrN3O4S. The lowest BCUT2D eigenvalue weighted by Gasteiger charge is -2.26. The minimum atomic E-state index is -3.76. The van der Waals surface area contributed by atoms with E-state index in [-0.39, 0.29) is 29.5 Å². The van der Waals surface area contributed by atoms with Crippen LogP contribution in [0.5, 0.6) is 0 Å². The summed E-state index contributed by atoms with van der Waals surface area (Å²) in [6.45, 7) is 1.22. The molecule has 0 aliphatic carbocycles. The maximum atomic E-state index is 13.0. The zero-order valence-electron chi connectivity index (χ0n) is 15.1. The zero-order chi connectivity index (χ0) is 20.3. The molecule has 0 bridgehead atoms. The normalized spacial score (nSPS) is 15.0. The number of rotatable bonds is 4. The van der Waals surface area contributed by atoms with E-state index in [4.69, 9.17) is 10.00 Å². The molecule has 146 valence electrons. The number of nitrogens with zero attached hydrogens (tertiary/aromatic N) is 3. The van der Waals surface area contributed by atoms with E-state index >= 15 is 0 Å². The maximum absolute atomic E-state index is 13.0. The van der Waals surface area contributed by atoms with Gasteiger partial charge < -0.3 is 9.64 Å². The molecular weight excluding hydrogens is 446 g/mol. The van der Waals surface area contributed by atoms with Crippen LogP contribution >= 0.6 is 15.9 Å². The first-order chi connectivity index (χ1) is 13.3. The van der Waals surface area contributed by atoms with Crippen LogP contribution in [-0.4, -0.2) is 52.0 Å². The van der Waals surface area contributed by atoms with E-state index in [1.54, 1.807) is 43.4 Å². The van der Waals surface area contributed by atoms with Crippen molar-refractivity contribution in [1.29, 1.82) is 5.26 Å². The highest BCUT2D eigenvalue weighted by Crippen LogP contribution is 2.28. The van der Waals surface area contributed by atoms with Gasteiger partial charge >= 0.3 is 0 Å². The molecule has 0 radical (unpaired) electrons. The summed E-state index contributed by atoms with van der Waals surface area (Å²) >= 11 is 3.28. The van der Waals surface area contributed by atoms with Crippen molar-refractivity contribution in [1.82, 2.24) is 4.31 Å². The lowest BCUT2D eigenvalue weighted by molar-refractivity contribution is 0.0730. The number of halogens is 1. The Morgan fingerprint density at radius 2 is 1.93 bits per heavy atom. The van der Waals surface area contributed by atoms with Crippen molar-refractivity contribution in [2.45, 2.75) is 4.90 Å². The molecule has 0 aromatic heterocycles. The van der Waals surface area contributed by atoms with E-state index in [1.165, 1.54) is 15.3 Å². The summed E-state index contributed by atoms with van der Waals surface area (Å²) in [7, 11) is -2.18. The van der Waals surface area contributed by atoms with E-state index in [9.17, 15) is 13.2 Å². The number of morpholine rings is 1. The molecule has 2 aromatic rings. The van der Waals surface area contributed by atoms with E-state index in [1.807, 2.05) is 6.07 Å². The largest absolute Gasteiger partial charge is 0.379 e. The summed E-state index contributed by atoms with van der Waals surface area (Å²) < 4.78 is 32.9. The molecule has 0 N–H and O–H groups in total. The number of hydrogen-bond acceptors (Lipinski definition) is 5. The Labute approximate surface area is 172 Å². The summed E-state index contributed by atoms with van der Waals surface area (Å²) in [5, 5.41) is 9.04. The first-order valence-corrected chi connectivity index (χ1v) is 10.7. The lowest BCUT2D eigenvalue weighted by atomic mass is 10.1. The Morgan fingerprint density at radius 1 is 1.21 bits per heavy atom. The summed E-state index contributed by atoms with van der Waals surface area (Å²) in [5.41, 5.74) is 1.22. The molecule has 0 atom stereocenters. The fourth-order valence-electron chi connectivity index (χ4n) is 2.86. The average Bonchev–Trinajstić information content (AvgIpc) is 2.73. The van der Waals surface area contributed by atoms with Crippen molar-refractivity contribution in [3.8, 4) is 6.07 Å². The predicted octanol–water partition coefficient (Wildman–Crippen LogP) is 2.62. The highest BCUT2D eigenvalue weighted by Gasteiger charge is 2.29. The summed E-state index contributed by atoms with van der Waals surface area (Å²) in [6.07, 6.45) is 0. The Morgan fingerprint density at radius 3 is 2.61 bits per heavy atom. The van der Waals surface area contributed by atoms with Gasteiger partial charge in [0.05, 0.1) is 29.7 Å². The number of carbonyl (C=O) groups is 1. The molecule has 0 unspecified atom stereocenters. The third kappa shape index (κ3) is 4.10. The first kappa shape index (κ1) is 20.5. The standard InChI is InChI=1S/C19H18BrN3O4S/c1-22(16-4-2-3-14(11-16)13-21)19(24)15-5-6-17(20)18(12-15)28(25,26)23-7-9-27-10-8-23/h2-6,11-12H,7-10H2,1H3. The zero-order valence-corrected chi connectivity index (χ0v) is 17.5. The Balaban J connectivity index is 1.94. The molecule has 1 amide bonds. The van der Waals surface area contributed by atoms with Crippen LogP contribution in [0.1, 0.15) is 15.9 Å². The quantitative estimate of drug-likeness (QED) is 0.694. The van der Waals surface area contributed by atoms with Gasteiger partial charge in [-0.15, -0.1) is 0 Å². The molecule has 1 heterocycles. The molecule has 2 aromatic carbocycles. The van der Waals surface area contributed by atoms with Crippen LogP contribution in [0.2, 0.25) is 0 Å². The summed E-state index contributed by atoms with van der Waals surface area (Å²) in [5.74, 6) is -0.374. The highest BCUT2D eigenvalue weighted by molar-refractivity contribution is 9.10. The second-order valence-electron chi connectivity index (χ2n) is 6.19. The molecule has 1 saturated heterocycles. The van der Waals surface area contributed by atoms with Gasteiger partial charge in [-0.05, 0) is 52.3 Å². The van der Waals surface area contributed by atoms with Crippen molar-refractivity contribution in [3.63, 3.8) is 0 Å². The maximum Gasteiger partial charge on any atom is 0.258 e. The fourth-order valence-corrected chi connectivity index (χ4v) is 5.21. The van der Waals surface area contributed by atoms with Crippen molar-refractivity contribution < 1.29 is 17.9 Å². The van der Waals surface area contributed by atoms with Gasteiger partial charge in [-0.3, -0.25) is 4.79 Å². The number of carbonyl (C=O) groups excluding carboxylic acids is 1. The van der Waals surface area contributed by atoms with Crippen molar-refractivity contribution in [2.75, 3.05) is 38.3 Å².